The first-order valence-electron chi connectivity index (χ1n) is 11.4. The van der Waals surface area contributed by atoms with Crippen molar-refractivity contribution >= 4 is 60.2 Å². The topological polar surface area (TPSA) is 36.9 Å². The van der Waals surface area contributed by atoms with Gasteiger partial charge in [0.25, 0.3) is 0 Å². The third kappa shape index (κ3) is 5.74. The number of thiocarbonyl (C=S) groups is 1. The minimum atomic E-state index is -1.70. The second-order valence-corrected chi connectivity index (χ2v) is 16.8. The smallest absolute Gasteiger partial charge is 0.219 e. The molecule has 0 saturated carbocycles. The Morgan fingerprint density at radius 1 is 1.13 bits per heavy atom. The van der Waals surface area contributed by atoms with E-state index >= 15 is 0 Å². The Bertz CT molecular complexity index is 549. The van der Waals surface area contributed by atoms with Crippen LogP contribution in [-0.4, -0.2) is 73.2 Å². The van der Waals surface area contributed by atoms with E-state index in [1.807, 2.05) is 29.8 Å². The van der Waals surface area contributed by atoms with Crippen molar-refractivity contribution in [3.05, 3.63) is 0 Å². The summed E-state index contributed by atoms with van der Waals surface area (Å²) in [6.45, 7) is 8.30. The molecule has 4 atom stereocenters. The van der Waals surface area contributed by atoms with Crippen LogP contribution in [0.5, 0.6) is 0 Å². The van der Waals surface area contributed by atoms with Gasteiger partial charge < -0.3 is 18.6 Å². The molecular formula is C21H38O4S4Si. The first-order valence-corrected chi connectivity index (χ1v) is 17.9. The second kappa shape index (κ2) is 11.9. The van der Waals surface area contributed by atoms with Gasteiger partial charge in [0.2, 0.25) is 4.38 Å². The van der Waals surface area contributed by atoms with Crippen LogP contribution < -0.4 is 0 Å². The number of hydrogen-bond acceptors (Lipinski definition) is 8. The molecule has 0 aromatic rings. The molecule has 3 rings (SSSR count). The summed E-state index contributed by atoms with van der Waals surface area (Å²) in [6.07, 6.45) is 4.26. The summed E-state index contributed by atoms with van der Waals surface area (Å²) < 4.78 is 26.8. The van der Waals surface area contributed by atoms with Crippen LogP contribution in [0.3, 0.4) is 0 Å². The summed E-state index contributed by atoms with van der Waals surface area (Å²) in [5.74, 6) is 4.29. The van der Waals surface area contributed by atoms with Crippen LogP contribution in [0.15, 0.2) is 0 Å². The summed E-state index contributed by atoms with van der Waals surface area (Å²) >= 11 is 11.1. The minimum Gasteiger partial charge on any atom is -0.474 e. The van der Waals surface area contributed by atoms with E-state index in [2.05, 4.69) is 20.8 Å². The summed E-state index contributed by atoms with van der Waals surface area (Å²) in [5.41, 5.74) is 0. The number of ether oxygens (including phenoxy) is 3. The van der Waals surface area contributed by atoms with Gasteiger partial charge in [-0.2, -0.15) is 23.5 Å². The predicted molar refractivity (Wildman–Crippen MR) is 139 cm³/mol. The summed E-state index contributed by atoms with van der Waals surface area (Å²) in [7, 11) is -1.70. The van der Waals surface area contributed by atoms with Crippen molar-refractivity contribution in [3.8, 4) is 0 Å². The van der Waals surface area contributed by atoms with Gasteiger partial charge in [-0.3, -0.25) is 0 Å². The zero-order chi connectivity index (χ0) is 21.6. The highest BCUT2D eigenvalue weighted by Crippen LogP contribution is 2.46. The van der Waals surface area contributed by atoms with Crippen molar-refractivity contribution in [3.63, 3.8) is 0 Å². The molecule has 9 heteroatoms. The third-order valence-corrected chi connectivity index (χ3v) is 15.0. The van der Waals surface area contributed by atoms with Gasteiger partial charge in [-0.05, 0) is 54.5 Å². The molecule has 174 valence electrons. The van der Waals surface area contributed by atoms with Crippen LogP contribution in [0.1, 0.15) is 33.6 Å². The molecule has 3 saturated heterocycles. The van der Waals surface area contributed by atoms with Crippen molar-refractivity contribution in [1.82, 2.24) is 0 Å². The molecule has 0 N–H and O–H groups in total. The molecule has 3 fully saturated rings. The summed E-state index contributed by atoms with van der Waals surface area (Å²) in [6, 6.07) is 3.54. The van der Waals surface area contributed by atoms with Crippen molar-refractivity contribution in [2.24, 2.45) is 11.8 Å². The van der Waals surface area contributed by atoms with E-state index in [4.69, 9.17) is 30.9 Å². The maximum Gasteiger partial charge on any atom is 0.219 e. The average Bonchev–Trinajstić information content (AvgIpc) is 3.25. The van der Waals surface area contributed by atoms with Crippen LogP contribution in [0.4, 0.5) is 0 Å². The average molecular weight is 511 g/mol. The highest BCUT2D eigenvalue weighted by atomic mass is 32.2. The van der Waals surface area contributed by atoms with Gasteiger partial charge >= 0.3 is 0 Å². The molecule has 0 aliphatic carbocycles. The normalized spacial score (nSPS) is 30.3. The van der Waals surface area contributed by atoms with Gasteiger partial charge in [-0.15, -0.1) is 0 Å². The largest absolute Gasteiger partial charge is 0.474 e. The summed E-state index contributed by atoms with van der Waals surface area (Å²) in [5, 5.41) is 0. The molecule has 0 bridgehead atoms. The molecule has 0 aromatic carbocycles. The standard InChI is InChI=1S/C21H38O4S4Si/c1-5-30(6-2,7-3)25-18-8-12-28-14-16(18)19(24-20(26)27-4)17-15-29-13-9-21(17)22-10-11-23-21/h16-19H,5-15H2,1-4H3/t16-,17+,18+,19-/m1/s1. The fourth-order valence-electron chi connectivity index (χ4n) is 5.05. The number of thioether (sulfide) groups is 3. The molecule has 30 heavy (non-hydrogen) atoms. The Labute approximate surface area is 202 Å². The lowest BCUT2D eigenvalue weighted by Crippen LogP contribution is -2.57. The van der Waals surface area contributed by atoms with Gasteiger partial charge in [0.1, 0.15) is 6.10 Å². The van der Waals surface area contributed by atoms with Gasteiger partial charge in [0, 0.05) is 23.8 Å². The first-order chi connectivity index (χ1) is 14.5. The van der Waals surface area contributed by atoms with E-state index in [-0.39, 0.29) is 18.1 Å². The Kier molecular flexibility index (Phi) is 10.2. The van der Waals surface area contributed by atoms with Gasteiger partial charge in [0.05, 0.1) is 25.2 Å². The molecule has 0 radical (unpaired) electrons. The molecule has 4 nitrogen and oxygen atoms in total. The third-order valence-electron chi connectivity index (χ3n) is 7.12. The first kappa shape index (κ1) is 25.7. The van der Waals surface area contributed by atoms with Crippen LogP contribution >= 0.6 is 47.5 Å². The molecule has 0 aromatic heterocycles. The zero-order valence-corrected chi connectivity index (χ0v) is 23.1. The second-order valence-electron chi connectivity index (χ2n) is 8.40. The molecular weight excluding hydrogens is 473 g/mol. The van der Waals surface area contributed by atoms with Gasteiger partial charge in [-0.1, -0.05) is 32.5 Å². The SMILES string of the molecule is CC[Si](CC)(CC)O[C@H]1CCSC[C@H]1[C@@H](OC(=S)SC)[C@@H]1CSCCC12OCCO2. The Hall–Kier alpha value is 1.04. The maximum atomic E-state index is 7.08. The van der Waals surface area contributed by atoms with Crippen LogP contribution in [-0.2, 0) is 18.6 Å². The van der Waals surface area contributed by atoms with E-state index < -0.39 is 14.1 Å². The highest BCUT2D eigenvalue weighted by Gasteiger charge is 2.54. The maximum absolute atomic E-state index is 7.08. The zero-order valence-electron chi connectivity index (χ0n) is 18.9. The van der Waals surface area contributed by atoms with Crippen LogP contribution in [0.2, 0.25) is 18.1 Å². The fourth-order valence-corrected chi connectivity index (χ4v) is 10.8. The van der Waals surface area contributed by atoms with E-state index in [9.17, 15) is 0 Å². The van der Waals surface area contributed by atoms with Crippen molar-refractivity contribution in [2.75, 3.05) is 42.5 Å². The predicted octanol–water partition coefficient (Wildman–Crippen LogP) is 5.66. The van der Waals surface area contributed by atoms with E-state index in [0.29, 0.717) is 23.5 Å². The van der Waals surface area contributed by atoms with Crippen LogP contribution in [0.25, 0.3) is 0 Å². The van der Waals surface area contributed by atoms with Crippen molar-refractivity contribution < 1.29 is 18.6 Å². The Morgan fingerprint density at radius 3 is 2.43 bits per heavy atom. The lowest BCUT2D eigenvalue weighted by molar-refractivity contribution is -0.218. The summed E-state index contributed by atoms with van der Waals surface area (Å²) in [4.78, 5) is 0. The molecule has 1 spiro atoms. The number of hydrogen-bond donors (Lipinski definition) is 0. The quantitative estimate of drug-likeness (QED) is 0.306. The van der Waals surface area contributed by atoms with E-state index in [1.54, 1.807) is 0 Å². The highest BCUT2D eigenvalue weighted by molar-refractivity contribution is 8.22. The molecule has 3 heterocycles. The number of rotatable bonds is 8. The van der Waals surface area contributed by atoms with Gasteiger partial charge in [0.15, 0.2) is 14.1 Å². The fraction of sp³-hybridized carbons (Fsp3) is 0.952. The van der Waals surface area contributed by atoms with Crippen molar-refractivity contribution in [1.29, 1.82) is 0 Å². The van der Waals surface area contributed by atoms with Crippen LogP contribution in [0, 0.1) is 11.8 Å². The minimum absolute atomic E-state index is 0.0223. The monoisotopic (exact) mass is 510 g/mol. The van der Waals surface area contributed by atoms with Gasteiger partial charge in [-0.25, -0.2) is 0 Å². The molecule has 3 aliphatic rings. The molecule has 0 amide bonds. The molecule has 3 aliphatic heterocycles. The Morgan fingerprint density at radius 2 is 1.80 bits per heavy atom. The van der Waals surface area contributed by atoms with E-state index in [0.717, 1.165) is 30.1 Å². The lowest BCUT2D eigenvalue weighted by atomic mass is 9.81. The lowest BCUT2D eigenvalue weighted by Gasteiger charge is -2.48. The van der Waals surface area contributed by atoms with E-state index in [1.165, 1.54) is 35.6 Å². The Balaban J connectivity index is 1.89. The molecule has 0 unspecified atom stereocenters. The van der Waals surface area contributed by atoms with Crippen molar-refractivity contribution in [2.45, 2.75) is 69.7 Å².